The Morgan fingerprint density at radius 3 is 2.23 bits per heavy atom. The number of hydrogen-bond donors (Lipinski definition) is 2. The van der Waals surface area contributed by atoms with Gasteiger partial charge in [0.15, 0.2) is 5.28 Å². The van der Waals surface area contributed by atoms with Crippen molar-refractivity contribution in [2.24, 2.45) is 0 Å². The lowest BCUT2D eigenvalue weighted by Crippen LogP contribution is -2.55. The second kappa shape index (κ2) is 9.11. The quantitative estimate of drug-likeness (QED) is 0.345. The normalized spacial score (nSPS) is 13.4. The predicted octanol–water partition coefficient (Wildman–Crippen LogP) is 5.42. The molecule has 0 saturated carbocycles. The molecule has 31 heavy (non-hydrogen) atoms. The molecule has 2 N–H and O–H groups in total. The van der Waals surface area contributed by atoms with Crippen molar-refractivity contribution in [1.82, 2.24) is 4.31 Å². The topological polar surface area (TPSA) is 121 Å². The van der Waals surface area contributed by atoms with Gasteiger partial charge in [0.1, 0.15) is 9.81 Å². The minimum Gasteiger partial charge on any atom is -0.443 e. The van der Waals surface area contributed by atoms with Crippen LogP contribution in [0.25, 0.3) is 10.1 Å². The first-order valence-electron chi connectivity index (χ1n) is 9.55. The Hall–Kier alpha value is -0.970. The van der Waals surface area contributed by atoms with E-state index in [1.807, 2.05) is 12.1 Å². The summed E-state index contributed by atoms with van der Waals surface area (Å²) in [6.45, 7) is 7.52. The lowest BCUT2D eigenvalue weighted by atomic mass is 10.1. The van der Waals surface area contributed by atoms with Gasteiger partial charge in [-0.3, -0.25) is 4.57 Å². The van der Waals surface area contributed by atoms with Gasteiger partial charge in [-0.25, -0.2) is 4.79 Å². The first-order chi connectivity index (χ1) is 14.1. The molecule has 12 heteroatoms. The Kier molecular flexibility index (Phi) is 7.73. The van der Waals surface area contributed by atoms with Gasteiger partial charge in [-0.2, -0.15) is 12.7 Å². The van der Waals surface area contributed by atoms with E-state index >= 15 is 0 Å². The summed E-state index contributed by atoms with van der Waals surface area (Å²) >= 11 is 4.28. The molecule has 2 rings (SSSR count). The van der Waals surface area contributed by atoms with E-state index in [1.165, 1.54) is 19.9 Å². The molecule has 174 valence electrons. The van der Waals surface area contributed by atoms with Crippen LogP contribution >= 0.6 is 34.9 Å². The molecule has 1 aromatic carbocycles. The van der Waals surface area contributed by atoms with Crippen molar-refractivity contribution in [3.8, 4) is 0 Å². The largest absolute Gasteiger partial charge is 0.443 e. The van der Waals surface area contributed by atoms with Crippen LogP contribution < -0.4 is 0 Å². The van der Waals surface area contributed by atoms with Crippen LogP contribution in [0.4, 0.5) is 4.79 Å². The van der Waals surface area contributed by atoms with Gasteiger partial charge in [-0.15, -0.1) is 11.3 Å². The highest BCUT2D eigenvalue weighted by molar-refractivity contribution is 9.08. The molecule has 0 aliphatic heterocycles. The number of halogens is 1. The fourth-order valence-corrected chi connectivity index (χ4v) is 8.45. The molecule has 0 fully saturated rings. The first kappa shape index (κ1) is 26.3. The third-order valence-electron chi connectivity index (χ3n) is 4.82. The van der Waals surface area contributed by atoms with Gasteiger partial charge in [0.2, 0.25) is 0 Å². The smallest absolute Gasteiger partial charge is 0.425 e. The summed E-state index contributed by atoms with van der Waals surface area (Å²) < 4.78 is 45.9. The monoisotopic (exact) mass is 555 g/mol. The zero-order valence-electron chi connectivity index (χ0n) is 18.0. The third-order valence-corrected chi connectivity index (χ3v) is 10.9. The van der Waals surface area contributed by atoms with Gasteiger partial charge in [-0.1, -0.05) is 35.8 Å². The van der Waals surface area contributed by atoms with Gasteiger partial charge < -0.3 is 14.5 Å². The number of ether oxygens (including phenoxy) is 1. The molecule has 0 atom stereocenters. The van der Waals surface area contributed by atoms with Gasteiger partial charge in [-0.05, 0) is 62.8 Å². The summed E-state index contributed by atoms with van der Waals surface area (Å²) in [6, 6.07) is 6.83. The Labute approximate surface area is 194 Å². The number of alkyl halides is 1. The second-order valence-electron chi connectivity index (χ2n) is 8.05. The summed E-state index contributed by atoms with van der Waals surface area (Å²) in [5.41, 5.74) is -0.136. The molecule has 1 amide bonds. The molecule has 0 spiro atoms. The van der Waals surface area contributed by atoms with E-state index in [-0.39, 0.29) is 21.4 Å². The molecule has 1 heterocycles. The maximum absolute atomic E-state index is 13.7. The van der Waals surface area contributed by atoms with Gasteiger partial charge in [0.05, 0.1) is 0 Å². The van der Waals surface area contributed by atoms with E-state index in [2.05, 4.69) is 15.9 Å². The molecule has 2 aromatic rings. The number of thiophene rings is 1. The van der Waals surface area contributed by atoms with Gasteiger partial charge in [0, 0.05) is 10.0 Å². The molecular weight excluding hydrogens is 529 g/mol. The first-order valence-corrected chi connectivity index (χ1v) is 14.5. The van der Waals surface area contributed by atoms with Crippen LogP contribution in [-0.4, -0.2) is 39.5 Å². The van der Waals surface area contributed by atoms with Crippen LogP contribution in [0.3, 0.4) is 0 Å². The van der Waals surface area contributed by atoms with Crippen molar-refractivity contribution in [2.45, 2.75) is 67.9 Å². The van der Waals surface area contributed by atoms with Crippen LogP contribution in [0, 0.1) is 0 Å². The van der Waals surface area contributed by atoms with Crippen LogP contribution in [0.1, 0.15) is 53.0 Å². The number of hydrogen-bond acceptors (Lipinski definition) is 6. The highest BCUT2D eigenvalue weighted by Gasteiger charge is 2.57. The summed E-state index contributed by atoms with van der Waals surface area (Å²) in [7, 11) is -9.75. The highest BCUT2D eigenvalue weighted by atomic mass is 79.9. The third kappa shape index (κ3) is 5.17. The maximum Gasteiger partial charge on any atom is 0.425 e. The van der Waals surface area contributed by atoms with E-state index in [1.54, 1.807) is 26.8 Å². The lowest BCUT2D eigenvalue weighted by molar-refractivity contribution is 0.0269. The minimum atomic E-state index is -5.10. The average molecular weight is 556 g/mol. The summed E-state index contributed by atoms with van der Waals surface area (Å²) in [6.07, 6.45) is -1.89. The summed E-state index contributed by atoms with van der Waals surface area (Å²) in [4.78, 5) is 33.4. The van der Waals surface area contributed by atoms with E-state index < -0.39 is 34.6 Å². The standard InChI is InChI=1S/C19H27BrNO7PS2/c1-6-19(7-2,29(23,24)25)21(17(22)28-18(3,4)5)31(26,27)16-11-14-10-13(12-20)8-9-15(14)30-16/h8-11H,6-7,12H2,1-5H3,(H2,23,24,25). The average Bonchev–Trinajstić information content (AvgIpc) is 3.07. The fourth-order valence-electron chi connectivity index (χ4n) is 3.23. The number of benzene rings is 1. The number of carbonyl (C=O) groups is 1. The van der Waals surface area contributed by atoms with Crippen molar-refractivity contribution < 1.29 is 32.3 Å². The van der Waals surface area contributed by atoms with Crippen molar-refractivity contribution in [3.05, 3.63) is 29.8 Å². The lowest BCUT2D eigenvalue weighted by Gasteiger charge is -2.41. The molecule has 8 nitrogen and oxygen atoms in total. The summed E-state index contributed by atoms with van der Waals surface area (Å²) in [5, 5.41) is -1.04. The van der Waals surface area contributed by atoms with Crippen molar-refractivity contribution >= 4 is 61.1 Å². The van der Waals surface area contributed by atoms with E-state index in [0.29, 0.717) is 15.4 Å². The van der Waals surface area contributed by atoms with E-state index in [0.717, 1.165) is 16.9 Å². The molecular formula is C19H27BrNO7PS2. The zero-order chi connectivity index (χ0) is 23.8. The Morgan fingerprint density at radius 2 is 1.77 bits per heavy atom. The Bertz CT molecular complexity index is 1110. The molecule has 0 aliphatic rings. The molecule has 0 aliphatic carbocycles. The maximum atomic E-state index is 13.7. The van der Waals surface area contributed by atoms with Gasteiger partial charge >= 0.3 is 13.7 Å². The van der Waals surface area contributed by atoms with Crippen LogP contribution in [0.15, 0.2) is 28.5 Å². The van der Waals surface area contributed by atoms with Crippen molar-refractivity contribution in [1.29, 1.82) is 0 Å². The Balaban J connectivity index is 2.78. The predicted molar refractivity (Wildman–Crippen MR) is 125 cm³/mol. The summed E-state index contributed by atoms with van der Waals surface area (Å²) in [5.74, 6) is 0. The number of carbonyl (C=O) groups excluding carboxylic acids is 1. The second-order valence-corrected chi connectivity index (χ2v) is 13.6. The SMILES string of the molecule is CCC(CC)(N(C(=O)OC(C)(C)C)S(=O)(=O)c1cc2cc(CBr)ccc2s1)P(=O)(O)O. The highest BCUT2D eigenvalue weighted by Crippen LogP contribution is 2.58. The number of rotatable bonds is 7. The fraction of sp³-hybridized carbons (Fsp3) is 0.526. The Morgan fingerprint density at radius 1 is 1.19 bits per heavy atom. The van der Waals surface area contributed by atoms with E-state index in [4.69, 9.17) is 4.74 Å². The van der Waals surface area contributed by atoms with Crippen LogP contribution in [0.5, 0.6) is 0 Å². The number of sulfonamides is 1. The molecule has 0 unspecified atom stereocenters. The number of amides is 1. The zero-order valence-corrected chi connectivity index (χ0v) is 22.1. The minimum absolute atomic E-state index is 0.195. The molecule has 0 bridgehead atoms. The van der Waals surface area contributed by atoms with Crippen molar-refractivity contribution in [2.75, 3.05) is 0 Å². The molecule has 1 aromatic heterocycles. The van der Waals surface area contributed by atoms with Crippen LogP contribution in [0.2, 0.25) is 0 Å². The molecule has 0 radical (unpaired) electrons. The molecule has 0 saturated heterocycles. The number of fused-ring (bicyclic) bond motifs is 1. The van der Waals surface area contributed by atoms with Crippen LogP contribution in [-0.2, 0) is 24.7 Å². The van der Waals surface area contributed by atoms with Gasteiger partial charge in [0.25, 0.3) is 10.0 Å². The van der Waals surface area contributed by atoms with Crippen molar-refractivity contribution in [3.63, 3.8) is 0 Å². The van der Waals surface area contributed by atoms with E-state index in [9.17, 15) is 27.6 Å². The number of nitrogens with zero attached hydrogens (tertiary/aromatic N) is 1.